The number of primary amides is 1. The van der Waals surface area contributed by atoms with Gasteiger partial charge in [-0.05, 0) is 45.2 Å². The van der Waals surface area contributed by atoms with Crippen molar-refractivity contribution < 1.29 is 9.21 Å². The number of piperidine rings is 1. The van der Waals surface area contributed by atoms with Crippen molar-refractivity contribution in [2.75, 3.05) is 6.54 Å². The molecule has 1 fully saturated rings. The number of hydrogen-bond donors (Lipinski definition) is 2. The molecule has 0 spiro atoms. The third-order valence-corrected chi connectivity index (χ3v) is 4.62. The van der Waals surface area contributed by atoms with Crippen LogP contribution in [0, 0.1) is 12.8 Å². The van der Waals surface area contributed by atoms with Gasteiger partial charge in [0.1, 0.15) is 11.5 Å². The third-order valence-electron chi connectivity index (χ3n) is 4.62. The second kappa shape index (κ2) is 6.62. The fourth-order valence-electron chi connectivity index (χ4n) is 3.21. The van der Waals surface area contributed by atoms with E-state index in [0.717, 1.165) is 30.8 Å². The highest BCUT2D eigenvalue weighted by molar-refractivity contribution is 5.77. The Morgan fingerprint density at radius 1 is 1.48 bits per heavy atom. The van der Waals surface area contributed by atoms with Gasteiger partial charge in [0.15, 0.2) is 0 Å². The van der Waals surface area contributed by atoms with Crippen molar-refractivity contribution in [3.63, 3.8) is 0 Å². The van der Waals surface area contributed by atoms with Crippen molar-refractivity contribution >= 4 is 5.91 Å². The lowest BCUT2D eigenvalue weighted by molar-refractivity contribution is -0.124. The van der Waals surface area contributed by atoms with Gasteiger partial charge in [0.2, 0.25) is 5.91 Å². The van der Waals surface area contributed by atoms with Crippen LogP contribution in [0.4, 0.5) is 0 Å². The minimum Gasteiger partial charge on any atom is -0.465 e. The van der Waals surface area contributed by atoms with E-state index in [0.29, 0.717) is 12.6 Å². The van der Waals surface area contributed by atoms with Gasteiger partial charge in [-0.3, -0.25) is 9.69 Å². The summed E-state index contributed by atoms with van der Waals surface area (Å²) in [6.45, 7) is 6.86. The van der Waals surface area contributed by atoms with Crippen LogP contribution in [0.25, 0.3) is 0 Å². The number of nitrogens with two attached hydrogens (primary N) is 2. The first kappa shape index (κ1) is 16.0. The highest BCUT2D eigenvalue weighted by atomic mass is 16.3. The molecule has 0 aromatic carbocycles. The molecule has 21 heavy (non-hydrogen) atoms. The maximum Gasteiger partial charge on any atom is 0.221 e. The average Bonchev–Trinajstić information content (AvgIpc) is 2.86. The summed E-state index contributed by atoms with van der Waals surface area (Å²) in [5.41, 5.74) is 11.9. The largest absolute Gasteiger partial charge is 0.465 e. The number of likely N-dealkylation sites (tertiary alicyclic amines) is 1. The SMILES string of the molecule is CCC(N)C(c1ccc(C)o1)N1CC(C(N)=O)CCC1C. The Morgan fingerprint density at radius 2 is 2.19 bits per heavy atom. The van der Waals surface area contributed by atoms with Crippen LogP contribution in [0.1, 0.15) is 50.7 Å². The zero-order valence-electron chi connectivity index (χ0n) is 13.2. The van der Waals surface area contributed by atoms with Crippen LogP contribution in [0.15, 0.2) is 16.5 Å². The van der Waals surface area contributed by atoms with Gasteiger partial charge in [0.05, 0.1) is 12.0 Å². The highest BCUT2D eigenvalue weighted by Crippen LogP contribution is 2.34. The molecule has 4 atom stereocenters. The van der Waals surface area contributed by atoms with E-state index in [9.17, 15) is 4.79 Å². The zero-order valence-corrected chi connectivity index (χ0v) is 13.2. The Kier molecular flexibility index (Phi) is 5.06. The number of amides is 1. The van der Waals surface area contributed by atoms with E-state index in [1.54, 1.807) is 0 Å². The Labute approximate surface area is 126 Å². The summed E-state index contributed by atoms with van der Waals surface area (Å²) in [4.78, 5) is 13.8. The number of hydrogen-bond acceptors (Lipinski definition) is 4. The van der Waals surface area contributed by atoms with Gasteiger partial charge in [-0.1, -0.05) is 6.92 Å². The van der Waals surface area contributed by atoms with E-state index in [4.69, 9.17) is 15.9 Å². The first-order valence-corrected chi connectivity index (χ1v) is 7.81. The number of furan rings is 1. The number of rotatable bonds is 5. The lowest BCUT2D eigenvalue weighted by atomic mass is 9.89. The van der Waals surface area contributed by atoms with Crippen molar-refractivity contribution in [3.8, 4) is 0 Å². The normalized spacial score (nSPS) is 26.5. The predicted molar refractivity (Wildman–Crippen MR) is 82.5 cm³/mol. The molecule has 4 N–H and O–H groups in total. The third kappa shape index (κ3) is 3.47. The zero-order chi connectivity index (χ0) is 15.6. The van der Waals surface area contributed by atoms with Crippen molar-refractivity contribution in [2.45, 2.75) is 58.2 Å². The second-order valence-electron chi connectivity index (χ2n) is 6.19. The van der Waals surface area contributed by atoms with E-state index in [-0.39, 0.29) is 23.9 Å². The van der Waals surface area contributed by atoms with Gasteiger partial charge in [-0.15, -0.1) is 0 Å². The lowest BCUT2D eigenvalue weighted by Crippen LogP contribution is -2.51. The second-order valence-corrected chi connectivity index (χ2v) is 6.19. The number of aryl methyl sites for hydroxylation is 1. The molecule has 0 bridgehead atoms. The topological polar surface area (TPSA) is 85.5 Å². The summed E-state index contributed by atoms with van der Waals surface area (Å²) >= 11 is 0. The maximum absolute atomic E-state index is 11.6. The van der Waals surface area contributed by atoms with Crippen molar-refractivity contribution in [1.82, 2.24) is 4.90 Å². The van der Waals surface area contributed by atoms with Crippen molar-refractivity contribution in [3.05, 3.63) is 23.7 Å². The Morgan fingerprint density at radius 3 is 2.71 bits per heavy atom. The molecule has 0 aliphatic carbocycles. The standard InChI is InChI=1S/C16H27N3O2/c1-4-13(17)15(14-8-6-11(3)21-14)19-9-12(16(18)20)7-5-10(19)2/h6,8,10,12-13,15H,4-5,7,9,17H2,1-3H3,(H2,18,20). The molecule has 1 aliphatic heterocycles. The monoisotopic (exact) mass is 293 g/mol. The van der Waals surface area contributed by atoms with Crippen LogP contribution in [0.3, 0.4) is 0 Å². The molecule has 4 unspecified atom stereocenters. The van der Waals surface area contributed by atoms with E-state index in [2.05, 4.69) is 18.7 Å². The molecule has 5 nitrogen and oxygen atoms in total. The number of carbonyl (C=O) groups is 1. The fraction of sp³-hybridized carbons (Fsp3) is 0.688. The molecule has 118 valence electrons. The molecular weight excluding hydrogens is 266 g/mol. The molecular formula is C16H27N3O2. The van der Waals surface area contributed by atoms with E-state index >= 15 is 0 Å². The Hall–Kier alpha value is -1.33. The maximum atomic E-state index is 11.6. The van der Waals surface area contributed by atoms with Crippen LogP contribution in [0.2, 0.25) is 0 Å². The summed E-state index contributed by atoms with van der Waals surface area (Å²) in [7, 11) is 0. The average molecular weight is 293 g/mol. The van der Waals surface area contributed by atoms with Gasteiger partial charge in [-0.25, -0.2) is 0 Å². The minimum absolute atomic E-state index is 0.000787. The summed E-state index contributed by atoms with van der Waals surface area (Å²) in [6.07, 6.45) is 2.67. The number of carbonyl (C=O) groups excluding carboxylic acids is 1. The van der Waals surface area contributed by atoms with Gasteiger partial charge in [0.25, 0.3) is 0 Å². The van der Waals surface area contributed by atoms with Crippen LogP contribution in [-0.4, -0.2) is 29.4 Å². The van der Waals surface area contributed by atoms with Gasteiger partial charge in [0, 0.05) is 18.6 Å². The van der Waals surface area contributed by atoms with Gasteiger partial charge < -0.3 is 15.9 Å². The summed E-state index contributed by atoms with van der Waals surface area (Å²) in [6, 6.07) is 4.31. The van der Waals surface area contributed by atoms with Crippen molar-refractivity contribution in [1.29, 1.82) is 0 Å². The molecule has 5 heteroatoms. The summed E-state index contributed by atoms with van der Waals surface area (Å²) in [5.74, 6) is 1.46. The molecule has 1 saturated heterocycles. The highest BCUT2D eigenvalue weighted by Gasteiger charge is 2.37. The quantitative estimate of drug-likeness (QED) is 0.869. The van der Waals surface area contributed by atoms with Gasteiger partial charge in [-0.2, -0.15) is 0 Å². The molecule has 0 radical (unpaired) electrons. The molecule has 0 saturated carbocycles. The lowest BCUT2D eigenvalue weighted by Gasteiger charge is -2.43. The molecule has 1 aromatic heterocycles. The summed E-state index contributed by atoms with van der Waals surface area (Å²) in [5, 5.41) is 0. The van der Waals surface area contributed by atoms with Gasteiger partial charge >= 0.3 is 0 Å². The van der Waals surface area contributed by atoms with Crippen LogP contribution in [-0.2, 0) is 4.79 Å². The Balaban J connectivity index is 2.28. The molecule has 2 rings (SSSR count). The fourth-order valence-corrected chi connectivity index (χ4v) is 3.21. The van der Waals surface area contributed by atoms with Crippen LogP contribution < -0.4 is 11.5 Å². The van der Waals surface area contributed by atoms with Crippen LogP contribution >= 0.6 is 0 Å². The number of nitrogens with zero attached hydrogens (tertiary/aromatic N) is 1. The first-order chi connectivity index (χ1) is 9.93. The first-order valence-electron chi connectivity index (χ1n) is 7.81. The van der Waals surface area contributed by atoms with E-state index in [1.807, 2.05) is 19.1 Å². The molecule has 1 aromatic rings. The molecule has 1 amide bonds. The minimum atomic E-state index is -0.216. The summed E-state index contributed by atoms with van der Waals surface area (Å²) < 4.78 is 5.83. The smallest absolute Gasteiger partial charge is 0.221 e. The van der Waals surface area contributed by atoms with Crippen LogP contribution in [0.5, 0.6) is 0 Å². The molecule has 2 heterocycles. The van der Waals surface area contributed by atoms with E-state index < -0.39 is 0 Å². The Bertz CT molecular complexity index is 486. The molecule has 1 aliphatic rings. The predicted octanol–water partition coefficient (Wildman–Crippen LogP) is 1.95. The van der Waals surface area contributed by atoms with Crippen molar-refractivity contribution in [2.24, 2.45) is 17.4 Å². The van der Waals surface area contributed by atoms with E-state index in [1.165, 1.54) is 0 Å².